The molecule has 0 aromatic heterocycles. The predicted molar refractivity (Wildman–Crippen MR) is 133 cm³/mol. The molecule has 0 spiro atoms. The van der Waals surface area contributed by atoms with Gasteiger partial charge < -0.3 is 25.0 Å². The third kappa shape index (κ3) is 7.37. The molecule has 2 aliphatic heterocycles. The second kappa shape index (κ2) is 13.4. The van der Waals surface area contributed by atoms with Gasteiger partial charge in [-0.25, -0.2) is 8.42 Å². The Balaban J connectivity index is 1.62. The first kappa shape index (κ1) is 26.8. The number of nitrogens with zero attached hydrogens (tertiary/aromatic N) is 3. The molecule has 2 fully saturated rings. The standard InChI is InChI=1S/C23H39N5O5S/c1-3-27(4-2)22-7-6-20(34(30,31)28-12-16-33-17-13-28)18-21(22)25-23(29)19-24-8-5-9-26-10-14-32-15-11-26/h6-7,18,24H,3-5,8-17,19H2,1-2H3,(H,25,29). The number of ether oxygens (including phenoxy) is 2. The fourth-order valence-electron chi connectivity index (χ4n) is 4.20. The zero-order valence-electron chi connectivity index (χ0n) is 20.4. The minimum absolute atomic E-state index is 0.168. The van der Waals surface area contributed by atoms with E-state index in [2.05, 4.69) is 20.4 Å². The number of morpholine rings is 2. The fourth-order valence-corrected chi connectivity index (χ4v) is 5.64. The quantitative estimate of drug-likeness (QED) is 0.409. The summed E-state index contributed by atoms with van der Waals surface area (Å²) in [6.07, 6.45) is 0.950. The Bertz CT molecular complexity index is 882. The topological polar surface area (TPSA) is 103 Å². The lowest BCUT2D eigenvalue weighted by Crippen LogP contribution is -2.40. The first-order valence-corrected chi connectivity index (χ1v) is 13.7. The third-order valence-corrected chi connectivity index (χ3v) is 8.07. The highest BCUT2D eigenvalue weighted by molar-refractivity contribution is 7.89. The number of hydrogen-bond acceptors (Lipinski definition) is 8. The zero-order chi connectivity index (χ0) is 24.4. The minimum atomic E-state index is -3.66. The maximum absolute atomic E-state index is 13.1. The Labute approximate surface area is 203 Å². The van der Waals surface area contributed by atoms with E-state index in [1.807, 2.05) is 13.8 Å². The summed E-state index contributed by atoms with van der Waals surface area (Å²) in [7, 11) is -3.66. The molecule has 0 aliphatic carbocycles. The molecule has 0 saturated carbocycles. The Morgan fingerprint density at radius 1 is 1.03 bits per heavy atom. The molecule has 0 atom stereocenters. The van der Waals surface area contributed by atoms with E-state index in [1.54, 1.807) is 18.2 Å². The molecule has 1 amide bonds. The largest absolute Gasteiger partial charge is 0.379 e. The van der Waals surface area contributed by atoms with Gasteiger partial charge in [-0.05, 0) is 51.6 Å². The molecule has 34 heavy (non-hydrogen) atoms. The highest BCUT2D eigenvalue weighted by atomic mass is 32.2. The summed E-state index contributed by atoms with van der Waals surface area (Å²) in [4.78, 5) is 17.3. The maximum atomic E-state index is 13.1. The van der Waals surface area contributed by atoms with E-state index >= 15 is 0 Å². The van der Waals surface area contributed by atoms with Crippen LogP contribution in [0.3, 0.4) is 0 Å². The highest BCUT2D eigenvalue weighted by Gasteiger charge is 2.27. The molecule has 2 heterocycles. The van der Waals surface area contributed by atoms with Crippen LogP contribution in [0.4, 0.5) is 11.4 Å². The normalized spacial score (nSPS) is 18.1. The Morgan fingerprint density at radius 2 is 1.68 bits per heavy atom. The smallest absolute Gasteiger partial charge is 0.243 e. The Kier molecular flexibility index (Phi) is 10.5. The molecule has 0 bridgehead atoms. The van der Waals surface area contributed by atoms with E-state index in [-0.39, 0.29) is 17.3 Å². The molecule has 3 rings (SSSR count). The van der Waals surface area contributed by atoms with Gasteiger partial charge in [-0.3, -0.25) is 9.69 Å². The van der Waals surface area contributed by atoms with Crippen LogP contribution in [0.15, 0.2) is 23.1 Å². The van der Waals surface area contributed by atoms with Gasteiger partial charge in [-0.1, -0.05) is 0 Å². The highest BCUT2D eigenvalue weighted by Crippen LogP contribution is 2.30. The molecule has 2 aliphatic rings. The Hall–Kier alpha value is -1.76. The number of amides is 1. The summed E-state index contributed by atoms with van der Waals surface area (Å²) in [5, 5.41) is 6.13. The van der Waals surface area contributed by atoms with Crippen molar-refractivity contribution >= 4 is 27.3 Å². The van der Waals surface area contributed by atoms with Gasteiger partial charge in [0.05, 0.1) is 49.2 Å². The van der Waals surface area contributed by atoms with E-state index in [9.17, 15) is 13.2 Å². The van der Waals surface area contributed by atoms with Gasteiger partial charge >= 0.3 is 0 Å². The lowest BCUT2D eigenvalue weighted by Gasteiger charge is -2.28. The SMILES string of the molecule is CCN(CC)c1ccc(S(=O)(=O)N2CCOCC2)cc1NC(=O)CNCCCN1CCOCC1. The van der Waals surface area contributed by atoms with Gasteiger partial charge in [-0.2, -0.15) is 4.31 Å². The van der Waals surface area contributed by atoms with Crippen molar-refractivity contribution in [3.05, 3.63) is 18.2 Å². The molecule has 2 N–H and O–H groups in total. The van der Waals surface area contributed by atoms with E-state index in [4.69, 9.17) is 9.47 Å². The summed E-state index contributed by atoms with van der Waals surface area (Å²) in [5.41, 5.74) is 1.32. The van der Waals surface area contributed by atoms with E-state index in [1.165, 1.54) is 4.31 Å². The number of sulfonamides is 1. The van der Waals surface area contributed by atoms with Crippen LogP contribution in [-0.2, 0) is 24.3 Å². The van der Waals surface area contributed by atoms with Crippen LogP contribution in [0.2, 0.25) is 0 Å². The molecule has 2 saturated heterocycles. The van der Waals surface area contributed by atoms with Gasteiger partial charge in [0.15, 0.2) is 0 Å². The van der Waals surface area contributed by atoms with Gasteiger partial charge in [0.1, 0.15) is 0 Å². The average Bonchev–Trinajstić information content (AvgIpc) is 2.86. The zero-order valence-corrected chi connectivity index (χ0v) is 21.2. The number of hydrogen-bond donors (Lipinski definition) is 2. The van der Waals surface area contributed by atoms with Crippen molar-refractivity contribution < 1.29 is 22.7 Å². The summed E-state index contributed by atoms with van der Waals surface area (Å²) < 4.78 is 38.4. The van der Waals surface area contributed by atoms with Crippen molar-refractivity contribution in [2.75, 3.05) is 95.5 Å². The molecule has 11 heteroatoms. The van der Waals surface area contributed by atoms with E-state index in [0.29, 0.717) is 32.0 Å². The molecular formula is C23H39N5O5S. The third-order valence-electron chi connectivity index (χ3n) is 6.17. The second-order valence-corrected chi connectivity index (χ2v) is 10.3. The van der Waals surface area contributed by atoms with Gasteiger partial charge in [0, 0.05) is 39.3 Å². The maximum Gasteiger partial charge on any atom is 0.243 e. The first-order chi connectivity index (χ1) is 16.5. The van der Waals surface area contributed by atoms with Crippen molar-refractivity contribution in [2.45, 2.75) is 25.2 Å². The second-order valence-electron chi connectivity index (χ2n) is 8.40. The van der Waals surface area contributed by atoms with Crippen molar-refractivity contribution in [3.8, 4) is 0 Å². The monoisotopic (exact) mass is 497 g/mol. The number of benzene rings is 1. The van der Waals surface area contributed by atoms with Crippen LogP contribution in [0.25, 0.3) is 0 Å². The van der Waals surface area contributed by atoms with Crippen LogP contribution < -0.4 is 15.5 Å². The van der Waals surface area contributed by atoms with Crippen molar-refractivity contribution in [1.82, 2.24) is 14.5 Å². The average molecular weight is 498 g/mol. The van der Waals surface area contributed by atoms with E-state index < -0.39 is 10.0 Å². The van der Waals surface area contributed by atoms with Crippen molar-refractivity contribution in [2.24, 2.45) is 0 Å². The molecule has 10 nitrogen and oxygen atoms in total. The molecular weight excluding hydrogens is 458 g/mol. The number of carbonyl (C=O) groups excluding carboxylic acids is 1. The fraction of sp³-hybridized carbons (Fsp3) is 0.696. The molecule has 1 aromatic rings. The van der Waals surface area contributed by atoms with Crippen LogP contribution in [0.5, 0.6) is 0 Å². The Morgan fingerprint density at radius 3 is 2.32 bits per heavy atom. The number of anilines is 2. The minimum Gasteiger partial charge on any atom is -0.379 e. The number of nitrogens with one attached hydrogen (secondary N) is 2. The van der Waals surface area contributed by atoms with Crippen LogP contribution in [0, 0.1) is 0 Å². The summed E-state index contributed by atoms with van der Waals surface area (Å²) in [6.45, 7) is 12.3. The van der Waals surface area contributed by atoms with Crippen LogP contribution in [-0.4, -0.2) is 109 Å². The van der Waals surface area contributed by atoms with Crippen LogP contribution in [0.1, 0.15) is 20.3 Å². The summed E-state index contributed by atoms with van der Waals surface area (Å²) in [6, 6.07) is 4.98. The van der Waals surface area contributed by atoms with Gasteiger partial charge in [-0.15, -0.1) is 0 Å². The molecule has 1 aromatic carbocycles. The predicted octanol–water partition coefficient (Wildman–Crippen LogP) is 0.804. The molecule has 0 radical (unpaired) electrons. The van der Waals surface area contributed by atoms with Gasteiger partial charge in [0.25, 0.3) is 0 Å². The van der Waals surface area contributed by atoms with E-state index in [0.717, 1.165) is 64.6 Å². The van der Waals surface area contributed by atoms with Crippen LogP contribution >= 0.6 is 0 Å². The number of carbonyl (C=O) groups is 1. The lowest BCUT2D eigenvalue weighted by atomic mass is 10.2. The van der Waals surface area contributed by atoms with Crippen molar-refractivity contribution in [3.63, 3.8) is 0 Å². The summed E-state index contributed by atoms with van der Waals surface area (Å²) >= 11 is 0. The van der Waals surface area contributed by atoms with Gasteiger partial charge in [0.2, 0.25) is 15.9 Å². The summed E-state index contributed by atoms with van der Waals surface area (Å²) in [5.74, 6) is -0.194. The number of rotatable bonds is 12. The first-order valence-electron chi connectivity index (χ1n) is 12.2. The van der Waals surface area contributed by atoms with Crippen molar-refractivity contribution in [1.29, 1.82) is 0 Å². The molecule has 192 valence electrons. The molecule has 0 unspecified atom stereocenters. The lowest BCUT2D eigenvalue weighted by molar-refractivity contribution is -0.115.